The Labute approximate surface area is 116 Å². The molecular formula is C13H17N5O2. The van der Waals surface area contributed by atoms with Crippen LogP contribution in [-0.2, 0) is 13.2 Å². The fourth-order valence-corrected chi connectivity index (χ4v) is 1.74. The number of nitrogen functional groups attached to an aromatic ring is 1. The first-order chi connectivity index (χ1) is 9.63. The van der Waals surface area contributed by atoms with Crippen molar-refractivity contribution in [1.82, 2.24) is 14.8 Å². The van der Waals surface area contributed by atoms with E-state index < -0.39 is 0 Å². The second-order valence-electron chi connectivity index (χ2n) is 4.09. The van der Waals surface area contributed by atoms with Gasteiger partial charge in [0, 0.05) is 18.2 Å². The van der Waals surface area contributed by atoms with Gasteiger partial charge in [0.05, 0.1) is 7.11 Å². The molecule has 7 heteroatoms. The van der Waals surface area contributed by atoms with Gasteiger partial charge in [0.25, 0.3) is 0 Å². The summed E-state index contributed by atoms with van der Waals surface area (Å²) >= 11 is 0. The highest BCUT2D eigenvalue weighted by molar-refractivity contribution is 5.95. The van der Waals surface area contributed by atoms with Crippen LogP contribution in [0, 0.1) is 5.41 Å². The van der Waals surface area contributed by atoms with Crippen LogP contribution in [-0.4, -0.2) is 27.7 Å². The number of nitrogens with one attached hydrogen (secondary N) is 1. The molecule has 1 heterocycles. The predicted octanol–water partition coefficient (Wildman–Crippen LogP) is 1.17. The largest absolute Gasteiger partial charge is 0.497 e. The maximum atomic E-state index is 7.48. The van der Waals surface area contributed by atoms with Crippen LogP contribution < -0.4 is 15.2 Å². The number of ether oxygens (including phenoxy) is 2. The van der Waals surface area contributed by atoms with Crippen molar-refractivity contribution in [2.45, 2.75) is 20.1 Å². The smallest absolute Gasteiger partial charge is 0.164 e. The Morgan fingerprint density at radius 1 is 1.35 bits per heavy atom. The number of aromatic nitrogens is 3. The van der Waals surface area contributed by atoms with E-state index in [1.807, 2.05) is 6.92 Å². The molecule has 0 aliphatic carbocycles. The van der Waals surface area contributed by atoms with E-state index >= 15 is 0 Å². The number of methoxy groups -OCH3 is 1. The molecule has 0 atom stereocenters. The van der Waals surface area contributed by atoms with E-state index in [1.54, 1.807) is 30.0 Å². The molecule has 0 radical (unpaired) electrons. The maximum absolute atomic E-state index is 7.48. The van der Waals surface area contributed by atoms with Crippen LogP contribution in [0.5, 0.6) is 11.5 Å². The first-order valence-corrected chi connectivity index (χ1v) is 6.17. The van der Waals surface area contributed by atoms with E-state index in [0.717, 1.165) is 12.4 Å². The van der Waals surface area contributed by atoms with Crippen LogP contribution in [0.2, 0.25) is 0 Å². The minimum atomic E-state index is -0.0366. The summed E-state index contributed by atoms with van der Waals surface area (Å²) in [7, 11) is 1.55. The number of rotatable bonds is 6. The number of aryl methyl sites for hydroxylation is 1. The van der Waals surface area contributed by atoms with Crippen molar-refractivity contribution in [2.24, 2.45) is 5.73 Å². The monoisotopic (exact) mass is 275 g/mol. The van der Waals surface area contributed by atoms with Crippen LogP contribution in [0.1, 0.15) is 18.3 Å². The van der Waals surface area contributed by atoms with Gasteiger partial charge >= 0.3 is 0 Å². The van der Waals surface area contributed by atoms with Gasteiger partial charge in [-0.3, -0.25) is 5.41 Å². The summed E-state index contributed by atoms with van der Waals surface area (Å²) in [5, 5.41) is 11.6. The molecular weight excluding hydrogens is 258 g/mol. The third kappa shape index (κ3) is 3.05. The van der Waals surface area contributed by atoms with E-state index in [4.69, 9.17) is 20.6 Å². The molecule has 3 N–H and O–H groups in total. The summed E-state index contributed by atoms with van der Waals surface area (Å²) in [5.74, 6) is 1.86. The van der Waals surface area contributed by atoms with E-state index in [0.29, 0.717) is 23.7 Å². The van der Waals surface area contributed by atoms with Crippen molar-refractivity contribution in [3.8, 4) is 11.5 Å². The standard InChI is InChI=1S/C13H17N5O2/c1-3-18-12(16-8-17-18)7-20-11-5-9(13(14)15)4-10(6-11)19-2/h4-6,8H,3,7H2,1-2H3,(H3,14,15). The van der Waals surface area contributed by atoms with Crippen molar-refractivity contribution < 1.29 is 9.47 Å². The molecule has 106 valence electrons. The third-order valence-electron chi connectivity index (χ3n) is 2.79. The average Bonchev–Trinajstić information content (AvgIpc) is 2.92. The second-order valence-corrected chi connectivity index (χ2v) is 4.09. The molecule has 0 aliphatic heterocycles. The second kappa shape index (κ2) is 6.05. The first-order valence-electron chi connectivity index (χ1n) is 6.17. The normalized spacial score (nSPS) is 10.3. The molecule has 0 aliphatic rings. The number of nitrogens with zero attached hydrogens (tertiary/aromatic N) is 3. The van der Waals surface area contributed by atoms with Gasteiger partial charge in [-0.05, 0) is 19.1 Å². The van der Waals surface area contributed by atoms with Crippen molar-refractivity contribution >= 4 is 5.84 Å². The maximum Gasteiger partial charge on any atom is 0.164 e. The first kappa shape index (κ1) is 13.9. The van der Waals surface area contributed by atoms with Crippen LogP contribution >= 0.6 is 0 Å². The van der Waals surface area contributed by atoms with Gasteiger partial charge in [-0.2, -0.15) is 5.10 Å². The fourth-order valence-electron chi connectivity index (χ4n) is 1.74. The van der Waals surface area contributed by atoms with Crippen LogP contribution in [0.25, 0.3) is 0 Å². The van der Waals surface area contributed by atoms with Gasteiger partial charge in [-0.15, -0.1) is 0 Å². The Bertz CT molecular complexity index is 609. The summed E-state index contributed by atoms with van der Waals surface area (Å²) in [4.78, 5) is 4.13. The van der Waals surface area contributed by atoms with Gasteiger partial charge in [-0.25, -0.2) is 9.67 Å². The quantitative estimate of drug-likeness (QED) is 0.609. The minimum absolute atomic E-state index is 0.0366. The molecule has 0 saturated heterocycles. The Kier molecular flexibility index (Phi) is 4.19. The summed E-state index contributed by atoms with van der Waals surface area (Å²) < 4.78 is 12.6. The van der Waals surface area contributed by atoms with Crippen molar-refractivity contribution in [3.05, 3.63) is 35.9 Å². The summed E-state index contributed by atoms with van der Waals surface area (Å²) in [6.07, 6.45) is 1.49. The van der Waals surface area contributed by atoms with Crippen LogP contribution in [0.4, 0.5) is 0 Å². The highest BCUT2D eigenvalue weighted by Crippen LogP contribution is 2.23. The lowest BCUT2D eigenvalue weighted by molar-refractivity contribution is 0.285. The topological polar surface area (TPSA) is 99.0 Å². The SMILES string of the molecule is CCn1ncnc1COc1cc(OC)cc(C(=N)N)c1. The number of hydrogen-bond donors (Lipinski definition) is 2. The highest BCUT2D eigenvalue weighted by Gasteiger charge is 2.07. The molecule has 2 aromatic rings. The molecule has 20 heavy (non-hydrogen) atoms. The van der Waals surface area contributed by atoms with Crippen molar-refractivity contribution in [1.29, 1.82) is 5.41 Å². The molecule has 0 bridgehead atoms. The molecule has 7 nitrogen and oxygen atoms in total. The third-order valence-corrected chi connectivity index (χ3v) is 2.79. The molecule has 1 aromatic carbocycles. The lowest BCUT2D eigenvalue weighted by Gasteiger charge is -2.10. The molecule has 1 aromatic heterocycles. The summed E-state index contributed by atoms with van der Waals surface area (Å²) in [6, 6.07) is 5.11. The summed E-state index contributed by atoms with van der Waals surface area (Å²) in [6.45, 7) is 3.01. The molecule has 0 unspecified atom stereocenters. The van der Waals surface area contributed by atoms with Gasteiger partial charge in [-0.1, -0.05) is 0 Å². The van der Waals surface area contributed by atoms with E-state index in [2.05, 4.69) is 10.1 Å². The minimum Gasteiger partial charge on any atom is -0.497 e. The lowest BCUT2D eigenvalue weighted by atomic mass is 10.2. The number of amidine groups is 1. The molecule has 2 rings (SSSR count). The Balaban J connectivity index is 2.16. The van der Waals surface area contributed by atoms with Gasteiger partial charge in [0.15, 0.2) is 5.82 Å². The molecule has 0 saturated carbocycles. The predicted molar refractivity (Wildman–Crippen MR) is 74.0 cm³/mol. The molecule has 0 fully saturated rings. The number of nitrogens with two attached hydrogens (primary N) is 1. The number of hydrogen-bond acceptors (Lipinski definition) is 5. The zero-order valence-electron chi connectivity index (χ0n) is 11.5. The highest BCUT2D eigenvalue weighted by atomic mass is 16.5. The van der Waals surface area contributed by atoms with Crippen molar-refractivity contribution in [3.63, 3.8) is 0 Å². The molecule has 0 amide bonds. The fraction of sp³-hybridized carbons (Fsp3) is 0.308. The van der Waals surface area contributed by atoms with Crippen LogP contribution in [0.3, 0.4) is 0 Å². The van der Waals surface area contributed by atoms with E-state index in [-0.39, 0.29) is 5.84 Å². The average molecular weight is 275 g/mol. The molecule has 0 spiro atoms. The Morgan fingerprint density at radius 3 is 2.75 bits per heavy atom. The van der Waals surface area contributed by atoms with Crippen molar-refractivity contribution in [2.75, 3.05) is 7.11 Å². The van der Waals surface area contributed by atoms with E-state index in [9.17, 15) is 0 Å². The summed E-state index contributed by atoms with van der Waals surface area (Å²) in [5.41, 5.74) is 6.04. The zero-order valence-corrected chi connectivity index (χ0v) is 11.5. The Hall–Kier alpha value is -2.57. The van der Waals surface area contributed by atoms with Gasteiger partial charge in [0.2, 0.25) is 0 Å². The van der Waals surface area contributed by atoms with Gasteiger partial charge < -0.3 is 15.2 Å². The lowest BCUT2D eigenvalue weighted by Crippen LogP contribution is -2.12. The van der Waals surface area contributed by atoms with Gasteiger partial charge in [0.1, 0.15) is 30.3 Å². The Morgan fingerprint density at radius 2 is 2.10 bits per heavy atom. The number of benzene rings is 1. The zero-order chi connectivity index (χ0) is 14.5. The van der Waals surface area contributed by atoms with Crippen LogP contribution in [0.15, 0.2) is 24.5 Å². The van der Waals surface area contributed by atoms with E-state index in [1.165, 1.54) is 6.33 Å².